The molecule has 0 fully saturated rings. The molecule has 0 aromatic heterocycles. The standard InChI is InChI=1S/C13H21BrN2O.2ClH/c1-4-17-13-6-5-12(14)9-11(13)10-15-7-8-16(2)3;;/h5-6,9,15H,4,7-8,10H2,1-3H3;2*1H. The number of likely N-dealkylation sites (N-methyl/N-ethyl adjacent to an activating group) is 1. The van der Waals surface area contributed by atoms with E-state index >= 15 is 0 Å². The van der Waals surface area contributed by atoms with Crippen LogP contribution in [0.4, 0.5) is 0 Å². The van der Waals surface area contributed by atoms with Gasteiger partial charge in [0.1, 0.15) is 5.75 Å². The van der Waals surface area contributed by atoms with Crippen molar-refractivity contribution in [1.82, 2.24) is 10.2 Å². The Morgan fingerprint density at radius 3 is 2.53 bits per heavy atom. The summed E-state index contributed by atoms with van der Waals surface area (Å²) in [5.41, 5.74) is 1.19. The molecule has 0 aliphatic rings. The maximum Gasteiger partial charge on any atom is 0.123 e. The van der Waals surface area contributed by atoms with E-state index < -0.39 is 0 Å². The first-order valence-corrected chi connectivity index (χ1v) is 6.69. The first kappa shape index (κ1) is 21.3. The first-order chi connectivity index (χ1) is 8.13. The summed E-state index contributed by atoms with van der Waals surface area (Å²) in [4.78, 5) is 2.16. The molecule has 0 aliphatic carbocycles. The zero-order valence-electron chi connectivity index (χ0n) is 11.6. The first-order valence-electron chi connectivity index (χ1n) is 5.90. The van der Waals surface area contributed by atoms with Crippen LogP contribution in [0.1, 0.15) is 12.5 Å². The monoisotopic (exact) mass is 372 g/mol. The Morgan fingerprint density at radius 2 is 1.95 bits per heavy atom. The van der Waals surface area contributed by atoms with Crippen molar-refractivity contribution < 1.29 is 4.74 Å². The van der Waals surface area contributed by atoms with Crippen molar-refractivity contribution >= 4 is 40.7 Å². The maximum absolute atomic E-state index is 5.60. The minimum absolute atomic E-state index is 0. The lowest BCUT2D eigenvalue weighted by Crippen LogP contribution is -2.26. The highest BCUT2D eigenvalue weighted by molar-refractivity contribution is 9.10. The number of hydrogen-bond acceptors (Lipinski definition) is 3. The highest BCUT2D eigenvalue weighted by Gasteiger charge is 2.03. The van der Waals surface area contributed by atoms with Crippen molar-refractivity contribution in [1.29, 1.82) is 0 Å². The smallest absolute Gasteiger partial charge is 0.123 e. The predicted octanol–water partition coefficient (Wildman–Crippen LogP) is 3.34. The molecule has 0 atom stereocenters. The molecule has 0 aliphatic heterocycles. The molecule has 112 valence electrons. The molecule has 0 saturated heterocycles. The third-order valence-electron chi connectivity index (χ3n) is 2.37. The van der Waals surface area contributed by atoms with Gasteiger partial charge >= 0.3 is 0 Å². The third-order valence-corrected chi connectivity index (χ3v) is 2.87. The summed E-state index contributed by atoms with van der Waals surface area (Å²) in [7, 11) is 4.15. The molecule has 3 nitrogen and oxygen atoms in total. The fraction of sp³-hybridized carbons (Fsp3) is 0.538. The van der Waals surface area contributed by atoms with Gasteiger partial charge in [0.15, 0.2) is 0 Å². The summed E-state index contributed by atoms with van der Waals surface area (Å²) < 4.78 is 6.69. The summed E-state index contributed by atoms with van der Waals surface area (Å²) in [6, 6.07) is 6.12. The second kappa shape index (κ2) is 11.8. The molecule has 19 heavy (non-hydrogen) atoms. The molecule has 0 spiro atoms. The van der Waals surface area contributed by atoms with Gasteiger partial charge in [0, 0.05) is 29.7 Å². The van der Waals surface area contributed by atoms with Gasteiger partial charge in [-0.15, -0.1) is 24.8 Å². The Balaban J connectivity index is 0. The van der Waals surface area contributed by atoms with Crippen LogP contribution >= 0.6 is 40.7 Å². The van der Waals surface area contributed by atoms with Crippen LogP contribution in [0.3, 0.4) is 0 Å². The van der Waals surface area contributed by atoms with Crippen LogP contribution in [0, 0.1) is 0 Å². The van der Waals surface area contributed by atoms with E-state index in [1.165, 1.54) is 5.56 Å². The van der Waals surface area contributed by atoms with E-state index in [2.05, 4.69) is 46.3 Å². The number of nitrogens with zero attached hydrogens (tertiary/aromatic N) is 1. The minimum Gasteiger partial charge on any atom is -0.494 e. The molecule has 1 aromatic carbocycles. The molecular weight excluding hydrogens is 351 g/mol. The van der Waals surface area contributed by atoms with Gasteiger partial charge in [0.25, 0.3) is 0 Å². The summed E-state index contributed by atoms with van der Waals surface area (Å²) in [5.74, 6) is 0.966. The topological polar surface area (TPSA) is 24.5 Å². The zero-order chi connectivity index (χ0) is 12.7. The summed E-state index contributed by atoms with van der Waals surface area (Å²) in [6.07, 6.45) is 0. The molecule has 0 saturated carbocycles. The van der Waals surface area contributed by atoms with Crippen LogP contribution in [0.25, 0.3) is 0 Å². The molecule has 0 unspecified atom stereocenters. The molecular formula is C13H23BrCl2N2O. The van der Waals surface area contributed by atoms with E-state index in [0.717, 1.165) is 29.9 Å². The van der Waals surface area contributed by atoms with Gasteiger partial charge in [-0.25, -0.2) is 0 Å². The van der Waals surface area contributed by atoms with E-state index in [9.17, 15) is 0 Å². The SMILES string of the molecule is CCOc1ccc(Br)cc1CNCCN(C)C.Cl.Cl. The highest BCUT2D eigenvalue weighted by atomic mass is 79.9. The lowest BCUT2D eigenvalue weighted by Gasteiger charge is -2.13. The zero-order valence-corrected chi connectivity index (χ0v) is 14.8. The lowest BCUT2D eigenvalue weighted by atomic mass is 10.2. The van der Waals surface area contributed by atoms with Crippen LogP contribution in [-0.4, -0.2) is 38.7 Å². The molecule has 1 rings (SSSR count). The normalized spacial score (nSPS) is 9.74. The second-order valence-corrected chi connectivity index (χ2v) is 5.08. The lowest BCUT2D eigenvalue weighted by molar-refractivity contribution is 0.334. The van der Waals surface area contributed by atoms with Crippen LogP contribution in [0.5, 0.6) is 5.75 Å². The molecule has 1 N–H and O–H groups in total. The highest BCUT2D eigenvalue weighted by Crippen LogP contribution is 2.23. The largest absolute Gasteiger partial charge is 0.494 e. The maximum atomic E-state index is 5.60. The summed E-state index contributed by atoms with van der Waals surface area (Å²) >= 11 is 3.49. The van der Waals surface area contributed by atoms with Crippen LogP contribution in [0.2, 0.25) is 0 Å². The Kier molecular flexibility index (Phi) is 13.2. The third kappa shape index (κ3) is 8.71. The number of rotatable bonds is 7. The molecule has 0 heterocycles. The van der Waals surface area contributed by atoms with E-state index in [0.29, 0.717) is 6.61 Å². The molecule has 6 heteroatoms. The molecule has 0 bridgehead atoms. The van der Waals surface area contributed by atoms with Crippen molar-refractivity contribution in [3.8, 4) is 5.75 Å². The Hall–Kier alpha value is -0.000000000000000222. The number of halogens is 3. The van der Waals surface area contributed by atoms with Crippen LogP contribution < -0.4 is 10.1 Å². The number of ether oxygens (including phenoxy) is 1. The van der Waals surface area contributed by atoms with Gasteiger partial charge in [-0.05, 0) is 39.2 Å². The number of hydrogen-bond donors (Lipinski definition) is 1. The fourth-order valence-electron chi connectivity index (χ4n) is 1.51. The van der Waals surface area contributed by atoms with Crippen molar-refractivity contribution in [3.05, 3.63) is 28.2 Å². The number of nitrogens with one attached hydrogen (secondary N) is 1. The van der Waals surface area contributed by atoms with E-state index in [-0.39, 0.29) is 24.8 Å². The average Bonchev–Trinajstić information content (AvgIpc) is 2.28. The Labute approximate surface area is 137 Å². The van der Waals surface area contributed by atoms with Crippen molar-refractivity contribution in [2.75, 3.05) is 33.8 Å². The summed E-state index contributed by atoms with van der Waals surface area (Å²) in [6.45, 7) is 5.56. The second-order valence-electron chi connectivity index (χ2n) is 4.17. The Bertz CT molecular complexity index is 351. The predicted molar refractivity (Wildman–Crippen MR) is 90.1 cm³/mol. The fourth-order valence-corrected chi connectivity index (χ4v) is 1.92. The van der Waals surface area contributed by atoms with Crippen molar-refractivity contribution in [3.63, 3.8) is 0 Å². The van der Waals surface area contributed by atoms with Gasteiger partial charge in [-0.1, -0.05) is 15.9 Å². The molecule has 0 amide bonds. The van der Waals surface area contributed by atoms with Gasteiger partial charge in [0.05, 0.1) is 6.61 Å². The Morgan fingerprint density at radius 1 is 1.26 bits per heavy atom. The van der Waals surface area contributed by atoms with Gasteiger partial charge in [-0.2, -0.15) is 0 Å². The van der Waals surface area contributed by atoms with E-state index in [1.54, 1.807) is 0 Å². The van der Waals surface area contributed by atoms with Crippen molar-refractivity contribution in [2.45, 2.75) is 13.5 Å². The van der Waals surface area contributed by atoms with E-state index in [4.69, 9.17) is 4.74 Å². The van der Waals surface area contributed by atoms with Crippen molar-refractivity contribution in [2.24, 2.45) is 0 Å². The minimum atomic E-state index is 0. The molecule has 1 aromatic rings. The number of benzene rings is 1. The quantitative estimate of drug-likeness (QED) is 0.741. The van der Waals surface area contributed by atoms with Gasteiger partial charge in [0.2, 0.25) is 0 Å². The van der Waals surface area contributed by atoms with Gasteiger partial charge in [-0.3, -0.25) is 0 Å². The average molecular weight is 374 g/mol. The molecule has 0 radical (unpaired) electrons. The van der Waals surface area contributed by atoms with Crippen LogP contribution in [0.15, 0.2) is 22.7 Å². The van der Waals surface area contributed by atoms with Crippen LogP contribution in [-0.2, 0) is 6.54 Å². The van der Waals surface area contributed by atoms with E-state index in [1.807, 2.05) is 19.1 Å². The van der Waals surface area contributed by atoms with Gasteiger partial charge < -0.3 is 15.0 Å². The summed E-state index contributed by atoms with van der Waals surface area (Å²) in [5, 5.41) is 3.42.